The molecule has 0 radical (unpaired) electrons. The van der Waals surface area contributed by atoms with Gasteiger partial charge >= 0.3 is 5.63 Å². The van der Waals surface area contributed by atoms with Crippen molar-refractivity contribution in [3.05, 3.63) is 81.7 Å². The second-order valence-corrected chi connectivity index (χ2v) is 4.66. The average Bonchev–Trinajstić information content (AvgIpc) is 2.48. The molecule has 0 fully saturated rings. The number of para-hydroxylation sites is 1. The van der Waals surface area contributed by atoms with Crippen LogP contribution in [0.5, 0.6) is 0 Å². The summed E-state index contributed by atoms with van der Waals surface area (Å²) >= 11 is 0. The Morgan fingerprint density at radius 2 is 1.60 bits per heavy atom. The number of hydrogen-bond donors (Lipinski definition) is 1. The van der Waals surface area contributed by atoms with Crippen molar-refractivity contribution in [2.24, 2.45) is 0 Å². The van der Waals surface area contributed by atoms with Crippen LogP contribution in [0.25, 0.3) is 11.0 Å². The summed E-state index contributed by atoms with van der Waals surface area (Å²) in [6.45, 7) is -0.310. The molecule has 3 heteroatoms. The van der Waals surface area contributed by atoms with Crippen molar-refractivity contribution in [2.45, 2.75) is 13.0 Å². The summed E-state index contributed by atoms with van der Waals surface area (Å²) in [6.07, 6.45) is 0.600. The zero-order chi connectivity index (χ0) is 13.9. The highest BCUT2D eigenvalue weighted by molar-refractivity contribution is 5.81. The zero-order valence-electron chi connectivity index (χ0n) is 10.9. The van der Waals surface area contributed by atoms with Crippen molar-refractivity contribution in [3.63, 3.8) is 0 Å². The summed E-state index contributed by atoms with van der Waals surface area (Å²) in [7, 11) is 0. The van der Waals surface area contributed by atoms with Gasteiger partial charge in [0.05, 0.1) is 12.2 Å². The zero-order valence-corrected chi connectivity index (χ0v) is 10.9. The maximum Gasteiger partial charge on any atom is 0.342 e. The highest BCUT2D eigenvalue weighted by Crippen LogP contribution is 2.22. The fourth-order valence-electron chi connectivity index (χ4n) is 2.41. The quantitative estimate of drug-likeness (QED) is 0.742. The van der Waals surface area contributed by atoms with Crippen LogP contribution < -0.4 is 5.63 Å². The summed E-state index contributed by atoms with van der Waals surface area (Å²) in [5.74, 6) is 0. The normalized spacial score (nSPS) is 10.8. The predicted molar refractivity (Wildman–Crippen MR) is 77.7 cm³/mol. The van der Waals surface area contributed by atoms with Gasteiger partial charge in [0, 0.05) is 5.39 Å². The summed E-state index contributed by atoms with van der Waals surface area (Å²) in [5.41, 5.74) is 2.37. The van der Waals surface area contributed by atoms with E-state index in [2.05, 4.69) is 0 Å². The van der Waals surface area contributed by atoms with E-state index in [0.717, 1.165) is 16.5 Å². The minimum absolute atomic E-state index is 0.310. The van der Waals surface area contributed by atoms with E-state index in [1.165, 1.54) is 0 Å². The number of aliphatic hydroxyl groups excluding tert-OH is 1. The third-order valence-electron chi connectivity index (χ3n) is 3.41. The molecule has 0 spiro atoms. The van der Waals surface area contributed by atoms with Gasteiger partial charge in [0.1, 0.15) is 5.58 Å². The van der Waals surface area contributed by atoms with Crippen LogP contribution in [-0.4, -0.2) is 5.11 Å². The molecule has 0 aliphatic rings. The number of rotatable bonds is 3. The molecule has 3 rings (SSSR count). The third-order valence-corrected chi connectivity index (χ3v) is 3.41. The van der Waals surface area contributed by atoms with Crippen LogP contribution in [0.4, 0.5) is 0 Å². The van der Waals surface area contributed by atoms with Crippen molar-refractivity contribution >= 4 is 11.0 Å². The van der Waals surface area contributed by atoms with Gasteiger partial charge in [0.15, 0.2) is 0 Å². The minimum atomic E-state index is -0.461. The molecule has 20 heavy (non-hydrogen) atoms. The Morgan fingerprint density at radius 1 is 0.900 bits per heavy atom. The van der Waals surface area contributed by atoms with E-state index >= 15 is 0 Å². The summed E-state index contributed by atoms with van der Waals surface area (Å²) in [4.78, 5) is 11.9. The molecule has 0 unspecified atom stereocenters. The molecule has 3 aromatic rings. The number of fused-ring (bicyclic) bond motifs is 1. The van der Waals surface area contributed by atoms with Gasteiger partial charge in [0.25, 0.3) is 0 Å². The lowest BCUT2D eigenvalue weighted by Gasteiger charge is -2.10. The highest BCUT2D eigenvalue weighted by atomic mass is 16.4. The van der Waals surface area contributed by atoms with Crippen LogP contribution in [0, 0.1) is 0 Å². The minimum Gasteiger partial charge on any atom is -0.422 e. The van der Waals surface area contributed by atoms with Crippen molar-refractivity contribution in [2.75, 3.05) is 0 Å². The number of hydrogen-bond acceptors (Lipinski definition) is 3. The Bertz CT molecular complexity index is 788. The average molecular weight is 266 g/mol. The van der Waals surface area contributed by atoms with E-state index in [0.29, 0.717) is 17.6 Å². The van der Waals surface area contributed by atoms with Gasteiger partial charge in [0.2, 0.25) is 0 Å². The maximum atomic E-state index is 11.9. The van der Waals surface area contributed by atoms with Gasteiger partial charge in [-0.2, -0.15) is 0 Å². The first-order chi connectivity index (χ1) is 9.79. The first-order valence-corrected chi connectivity index (χ1v) is 6.48. The van der Waals surface area contributed by atoms with Crippen molar-refractivity contribution in [1.82, 2.24) is 0 Å². The molecule has 0 saturated carbocycles. The molecule has 0 aliphatic carbocycles. The van der Waals surface area contributed by atoms with E-state index < -0.39 is 5.63 Å². The molecule has 0 saturated heterocycles. The van der Waals surface area contributed by atoms with Crippen LogP contribution >= 0.6 is 0 Å². The van der Waals surface area contributed by atoms with Crippen LogP contribution in [0.15, 0.2) is 63.8 Å². The molecule has 0 bridgehead atoms. The Balaban J connectivity index is 2.24. The molecule has 2 aromatic carbocycles. The lowest BCUT2D eigenvalue weighted by molar-refractivity contribution is 0.275. The van der Waals surface area contributed by atoms with E-state index in [9.17, 15) is 9.90 Å². The summed E-state index contributed by atoms with van der Waals surface area (Å²) in [5, 5.41) is 10.4. The van der Waals surface area contributed by atoms with E-state index in [-0.39, 0.29) is 6.61 Å². The van der Waals surface area contributed by atoms with E-state index in [4.69, 9.17) is 4.42 Å². The number of benzene rings is 2. The number of aliphatic hydroxyl groups is 1. The molecular weight excluding hydrogens is 252 g/mol. The Hall–Kier alpha value is -2.39. The van der Waals surface area contributed by atoms with Crippen molar-refractivity contribution in [1.29, 1.82) is 0 Å². The van der Waals surface area contributed by atoms with Crippen molar-refractivity contribution < 1.29 is 9.52 Å². The molecule has 3 nitrogen and oxygen atoms in total. The largest absolute Gasteiger partial charge is 0.422 e. The SMILES string of the molecule is O=c1oc2ccccc2c(Cc2ccccc2)c1CO. The fraction of sp³-hybridized carbons (Fsp3) is 0.118. The fourth-order valence-corrected chi connectivity index (χ4v) is 2.41. The molecule has 1 N–H and O–H groups in total. The molecule has 0 aliphatic heterocycles. The van der Waals surface area contributed by atoms with Gasteiger partial charge in [-0.25, -0.2) is 4.79 Å². The van der Waals surface area contributed by atoms with E-state index in [1.807, 2.05) is 48.5 Å². The topological polar surface area (TPSA) is 50.4 Å². The molecule has 100 valence electrons. The molecule has 0 atom stereocenters. The third kappa shape index (κ3) is 2.24. The van der Waals surface area contributed by atoms with Gasteiger partial charge in [-0.3, -0.25) is 0 Å². The Morgan fingerprint density at radius 3 is 2.35 bits per heavy atom. The van der Waals surface area contributed by atoms with Crippen LogP contribution in [0.3, 0.4) is 0 Å². The smallest absolute Gasteiger partial charge is 0.342 e. The summed E-state index contributed by atoms with van der Waals surface area (Å²) < 4.78 is 5.25. The Labute approximate surface area is 116 Å². The van der Waals surface area contributed by atoms with Crippen LogP contribution in [0.1, 0.15) is 16.7 Å². The van der Waals surface area contributed by atoms with Crippen LogP contribution in [-0.2, 0) is 13.0 Å². The lowest BCUT2D eigenvalue weighted by Crippen LogP contribution is -2.12. The standard InChI is InChI=1S/C17H14O3/c18-11-15-14(10-12-6-2-1-3-7-12)13-8-4-5-9-16(13)20-17(15)19/h1-9,18H,10-11H2. The summed E-state index contributed by atoms with van der Waals surface area (Å²) in [6, 6.07) is 17.3. The van der Waals surface area contributed by atoms with Gasteiger partial charge < -0.3 is 9.52 Å². The molecule has 1 aromatic heterocycles. The van der Waals surface area contributed by atoms with Crippen LogP contribution in [0.2, 0.25) is 0 Å². The highest BCUT2D eigenvalue weighted by Gasteiger charge is 2.13. The molecule has 0 amide bonds. The predicted octanol–water partition coefficient (Wildman–Crippen LogP) is 2.88. The second kappa shape index (κ2) is 5.31. The van der Waals surface area contributed by atoms with Gasteiger partial charge in [-0.05, 0) is 23.6 Å². The maximum absolute atomic E-state index is 11.9. The molecule has 1 heterocycles. The molecular formula is C17H14O3. The first-order valence-electron chi connectivity index (χ1n) is 6.48. The van der Waals surface area contributed by atoms with Gasteiger partial charge in [-0.15, -0.1) is 0 Å². The second-order valence-electron chi connectivity index (χ2n) is 4.66. The Kier molecular flexibility index (Phi) is 3.35. The van der Waals surface area contributed by atoms with E-state index in [1.54, 1.807) is 6.07 Å². The monoisotopic (exact) mass is 266 g/mol. The van der Waals surface area contributed by atoms with Crippen molar-refractivity contribution in [3.8, 4) is 0 Å². The van der Waals surface area contributed by atoms with Gasteiger partial charge in [-0.1, -0.05) is 48.5 Å². The lowest BCUT2D eigenvalue weighted by atomic mass is 9.98. The first kappa shape index (κ1) is 12.6.